The first kappa shape index (κ1) is 9.04. The zero-order valence-electron chi connectivity index (χ0n) is 7.21. The van der Waals surface area contributed by atoms with Gasteiger partial charge in [0, 0.05) is 0 Å². The molecule has 0 unspecified atom stereocenters. The van der Waals surface area contributed by atoms with Gasteiger partial charge in [-0.2, -0.15) is 0 Å². The molecule has 1 rings (SSSR count). The molecule has 0 N–H and O–H groups in total. The van der Waals surface area contributed by atoms with Gasteiger partial charge in [-0.3, -0.25) is 0 Å². The highest BCUT2D eigenvalue weighted by Gasteiger charge is 2.54. The summed E-state index contributed by atoms with van der Waals surface area (Å²) in [5, 5.41) is 0.0416. The molecule has 0 aromatic rings. The molecule has 3 heteroatoms. The molecule has 2 atom stereocenters. The second-order valence-electron chi connectivity index (χ2n) is 3.24. The molecular formula is C8H16O2S. The van der Waals surface area contributed by atoms with E-state index in [0.29, 0.717) is 0 Å². The molecule has 0 radical (unpaired) electrons. The van der Waals surface area contributed by atoms with E-state index in [9.17, 15) is 8.42 Å². The van der Waals surface area contributed by atoms with Crippen molar-refractivity contribution in [2.45, 2.75) is 50.0 Å². The fourth-order valence-corrected chi connectivity index (χ4v) is 4.09. The van der Waals surface area contributed by atoms with Gasteiger partial charge < -0.3 is 0 Å². The molecule has 0 aromatic heterocycles. The maximum Gasteiger partial charge on any atom is 0.158 e. The van der Waals surface area contributed by atoms with E-state index in [1.54, 1.807) is 0 Å². The highest BCUT2D eigenvalue weighted by Crippen LogP contribution is 2.39. The Morgan fingerprint density at radius 3 is 1.64 bits per heavy atom. The van der Waals surface area contributed by atoms with Crippen molar-refractivity contribution in [3.05, 3.63) is 0 Å². The lowest BCUT2D eigenvalue weighted by atomic mass is 10.1. The van der Waals surface area contributed by atoms with Gasteiger partial charge in [-0.15, -0.1) is 0 Å². The van der Waals surface area contributed by atoms with E-state index in [2.05, 4.69) is 0 Å². The molecule has 1 aliphatic heterocycles. The predicted molar refractivity (Wildman–Crippen MR) is 46.3 cm³/mol. The summed E-state index contributed by atoms with van der Waals surface area (Å²) in [4.78, 5) is 0. The fraction of sp³-hybridized carbons (Fsp3) is 1.00. The Morgan fingerprint density at radius 2 is 1.36 bits per heavy atom. The monoisotopic (exact) mass is 176 g/mol. The molecule has 0 aromatic carbocycles. The van der Waals surface area contributed by atoms with Gasteiger partial charge in [0.1, 0.15) is 0 Å². The van der Waals surface area contributed by atoms with E-state index in [-0.39, 0.29) is 10.5 Å². The van der Waals surface area contributed by atoms with Gasteiger partial charge in [-0.25, -0.2) is 8.42 Å². The van der Waals surface area contributed by atoms with E-state index in [4.69, 9.17) is 0 Å². The lowest BCUT2D eigenvalue weighted by molar-refractivity contribution is 0.608. The van der Waals surface area contributed by atoms with E-state index >= 15 is 0 Å². The minimum absolute atomic E-state index is 0.0208. The standard InChI is InChI=1S/C8H16O2S/c1-3-5-7-8(6-4-2)11(7,9)10/h7-8H,3-6H2,1-2H3/t7-,8+. The zero-order valence-corrected chi connectivity index (χ0v) is 8.02. The van der Waals surface area contributed by atoms with E-state index in [0.717, 1.165) is 25.7 Å². The Hall–Kier alpha value is -0.0500. The summed E-state index contributed by atoms with van der Waals surface area (Å²) < 4.78 is 22.4. The third-order valence-electron chi connectivity index (χ3n) is 2.33. The summed E-state index contributed by atoms with van der Waals surface area (Å²) in [5.74, 6) is 0. The average molecular weight is 176 g/mol. The van der Waals surface area contributed by atoms with Crippen molar-refractivity contribution in [3.8, 4) is 0 Å². The van der Waals surface area contributed by atoms with E-state index in [1.165, 1.54) is 0 Å². The molecule has 0 saturated carbocycles. The Bertz CT molecular complexity index is 200. The van der Waals surface area contributed by atoms with Crippen LogP contribution in [0.25, 0.3) is 0 Å². The van der Waals surface area contributed by atoms with Crippen LogP contribution in [0, 0.1) is 0 Å². The van der Waals surface area contributed by atoms with Crippen molar-refractivity contribution in [1.82, 2.24) is 0 Å². The Kier molecular flexibility index (Phi) is 2.58. The topological polar surface area (TPSA) is 34.1 Å². The Morgan fingerprint density at radius 1 is 1.00 bits per heavy atom. The molecule has 2 nitrogen and oxygen atoms in total. The van der Waals surface area contributed by atoms with Gasteiger partial charge in [0.25, 0.3) is 0 Å². The first-order chi connectivity index (χ1) is 5.14. The lowest BCUT2D eigenvalue weighted by Gasteiger charge is -1.87. The van der Waals surface area contributed by atoms with Crippen molar-refractivity contribution in [2.24, 2.45) is 0 Å². The van der Waals surface area contributed by atoms with Crippen LogP contribution in [0.15, 0.2) is 0 Å². The van der Waals surface area contributed by atoms with Gasteiger partial charge in [0.05, 0.1) is 10.5 Å². The van der Waals surface area contributed by atoms with Gasteiger partial charge >= 0.3 is 0 Å². The molecule has 1 fully saturated rings. The molecule has 0 aliphatic carbocycles. The highest BCUT2D eigenvalue weighted by molar-refractivity contribution is 7.99. The van der Waals surface area contributed by atoms with Crippen LogP contribution in [-0.4, -0.2) is 18.9 Å². The van der Waals surface area contributed by atoms with Crippen LogP contribution in [0.3, 0.4) is 0 Å². The van der Waals surface area contributed by atoms with Crippen molar-refractivity contribution in [2.75, 3.05) is 0 Å². The van der Waals surface area contributed by atoms with Crippen molar-refractivity contribution >= 4 is 9.84 Å². The number of hydrogen-bond donors (Lipinski definition) is 0. The van der Waals surface area contributed by atoms with Crippen molar-refractivity contribution in [1.29, 1.82) is 0 Å². The van der Waals surface area contributed by atoms with Crippen molar-refractivity contribution in [3.63, 3.8) is 0 Å². The quantitative estimate of drug-likeness (QED) is 0.612. The second kappa shape index (κ2) is 3.13. The van der Waals surface area contributed by atoms with E-state index in [1.807, 2.05) is 13.8 Å². The van der Waals surface area contributed by atoms with Crippen LogP contribution in [0.5, 0.6) is 0 Å². The third-order valence-corrected chi connectivity index (χ3v) is 4.83. The maximum atomic E-state index is 11.2. The third kappa shape index (κ3) is 1.58. The van der Waals surface area contributed by atoms with Gasteiger partial charge in [0.2, 0.25) is 0 Å². The van der Waals surface area contributed by atoms with Gasteiger partial charge in [-0.05, 0) is 12.8 Å². The minimum atomic E-state index is -2.62. The molecule has 1 aliphatic rings. The van der Waals surface area contributed by atoms with Gasteiger partial charge in [0.15, 0.2) is 9.84 Å². The number of hydrogen-bond acceptors (Lipinski definition) is 2. The summed E-state index contributed by atoms with van der Waals surface area (Å²) in [6.45, 7) is 4.08. The molecule has 0 spiro atoms. The van der Waals surface area contributed by atoms with Crippen molar-refractivity contribution < 1.29 is 8.42 Å². The van der Waals surface area contributed by atoms with Gasteiger partial charge in [-0.1, -0.05) is 26.7 Å². The SMILES string of the molecule is CCC[C@@H]1[C@H](CCC)S1(=O)=O. The minimum Gasteiger partial charge on any atom is -0.228 e. The fourth-order valence-electron chi connectivity index (χ4n) is 1.65. The van der Waals surface area contributed by atoms with E-state index < -0.39 is 9.84 Å². The molecule has 1 heterocycles. The molecule has 11 heavy (non-hydrogen) atoms. The molecule has 66 valence electrons. The summed E-state index contributed by atoms with van der Waals surface area (Å²) in [5.41, 5.74) is 0. The van der Waals surface area contributed by atoms with Crippen LogP contribution in [-0.2, 0) is 9.84 Å². The van der Waals surface area contributed by atoms with Crippen LogP contribution in [0.4, 0.5) is 0 Å². The lowest BCUT2D eigenvalue weighted by Crippen LogP contribution is -1.91. The van der Waals surface area contributed by atoms with Crippen LogP contribution < -0.4 is 0 Å². The smallest absolute Gasteiger partial charge is 0.158 e. The number of rotatable bonds is 4. The van der Waals surface area contributed by atoms with Crippen LogP contribution >= 0.6 is 0 Å². The summed E-state index contributed by atoms with van der Waals surface area (Å²) >= 11 is 0. The Balaban J connectivity index is 2.47. The summed E-state index contributed by atoms with van der Waals surface area (Å²) in [7, 11) is -2.62. The molecule has 1 saturated heterocycles. The molecular weight excluding hydrogens is 160 g/mol. The largest absolute Gasteiger partial charge is 0.228 e. The molecule has 0 amide bonds. The van der Waals surface area contributed by atoms with Crippen LogP contribution in [0.2, 0.25) is 0 Å². The van der Waals surface area contributed by atoms with Crippen LogP contribution in [0.1, 0.15) is 39.5 Å². The second-order valence-corrected chi connectivity index (χ2v) is 5.63. The highest BCUT2D eigenvalue weighted by atomic mass is 32.2. The predicted octanol–water partition coefficient (Wildman–Crippen LogP) is 1.75. The zero-order chi connectivity index (χ0) is 8.48. The Labute approximate surface area is 68.9 Å². The normalized spacial score (nSPS) is 33.6. The first-order valence-electron chi connectivity index (χ1n) is 4.37. The average Bonchev–Trinajstić information content (AvgIpc) is 2.41. The summed E-state index contributed by atoms with van der Waals surface area (Å²) in [6, 6.07) is 0. The summed E-state index contributed by atoms with van der Waals surface area (Å²) in [6.07, 6.45) is 3.72. The molecule has 0 bridgehead atoms. The maximum absolute atomic E-state index is 11.2. The first-order valence-corrected chi connectivity index (χ1v) is 5.98. The number of sulfone groups is 1.